The number of methoxy groups -OCH3 is 1. The quantitative estimate of drug-likeness (QED) is 0.743. The van der Waals surface area contributed by atoms with Crippen molar-refractivity contribution in [2.24, 2.45) is 0 Å². The third-order valence-electron chi connectivity index (χ3n) is 3.80. The van der Waals surface area contributed by atoms with Gasteiger partial charge < -0.3 is 19.5 Å². The number of rotatable bonds is 9. The van der Waals surface area contributed by atoms with Crippen molar-refractivity contribution in [3.63, 3.8) is 0 Å². The molecule has 1 N–H and O–H groups in total. The lowest BCUT2D eigenvalue weighted by molar-refractivity contribution is 0.0905. The first-order valence-corrected chi connectivity index (χ1v) is 8.78. The fraction of sp³-hybridized carbons (Fsp3) is 0.381. The number of aryl methyl sites for hydroxylation is 1. The summed E-state index contributed by atoms with van der Waals surface area (Å²) < 4.78 is 16.6. The molecule has 0 spiro atoms. The highest BCUT2D eigenvalue weighted by atomic mass is 16.5. The topological polar surface area (TPSA) is 56.8 Å². The minimum Gasteiger partial charge on any atom is -0.493 e. The Morgan fingerprint density at radius 1 is 1.15 bits per heavy atom. The summed E-state index contributed by atoms with van der Waals surface area (Å²) in [6, 6.07) is 13.2. The number of nitrogens with one attached hydrogen (secondary N) is 1. The molecule has 2 aromatic carbocycles. The smallest absolute Gasteiger partial charge is 0.251 e. The minimum absolute atomic E-state index is 0.0638. The molecule has 140 valence electrons. The van der Waals surface area contributed by atoms with E-state index in [9.17, 15) is 4.79 Å². The molecule has 1 amide bonds. The van der Waals surface area contributed by atoms with Gasteiger partial charge in [-0.15, -0.1) is 0 Å². The Bertz CT molecular complexity index is 730. The Morgan fingerprint density at radius 2 is 1.96 bits per heavy atom. The number of benzene rings is 2. The number of carbonyl (C=O) groups is 1. The number of amides is 1. The second-order valence-corrected chi connectivity index (χ2v) is 6.19. The molecule has 0 aliphatic carbocycles. The highest BCUT2D eigenvalue weighted by Gasteiger charge is 2.13. The maximum Gasteiger partial charge on any atom is 0.251 e. The first kappa shape index (κ1) is 19.8. The van der Waals surface area contributed by atoms with Gasteiger partial charge in [-0.05, 0) is 56.7 Å². The summed E-state index contributed by atoms with van der Waals surface area (Å²) >= 11 is 0. The lowest BCUT2D eigenvalue weighted by Gasteiger charge is -2.15. The van der Waals surface area contributed by atoms with Crippen LogP contribution in [0.1, 0.15) is 35.3 Å². The van der Waals surface area contributed by atoms with Crippen LogP contribution in [0, 0.1) is 6.92 Å². The van der Waals surface area contributed by atoms with E-state index in [1.807, 2.05) is 57.2 Å². The standard InChI is InChI=1S/C21H27NO4/c1-5-25-20-10-9-17(21(23)22-16(3)13-24-4)12-18(20)14-26-19-8-6-7-15(2)11-19/h6-12,16H,5,13-14H2,1-4H3,(H,22,23)/t16-/m1/s1. The van der Waals surface area contributed by atoms with Crippen molar-refractivity contribution in [1.82, 2.24) is 5.32 Å². The Balaban J connectivity index is 2.15. The van der Waals surface area contributed by atoms with Crippen molar-refractivity contribution in [2.45, 2.75) is 33.4 Å². The lowest BCUT2D eigenvalue weighted by atomic mass is 10.1. The molecule has 0 radical (unpaired) electrons. The highest BCUT2D eigenvalue weighted by Crippen LogP contribution is 2.23. The van der Waals surface area contributed by atoms with Gasteiger partial charge in [-0.1, -0.05) is 12.1 Å². The molecule has 0 fully saturated rings. The molecule has 26 heavy (non-hydrogen) atoms. The summed E-state index contributed by atoms with van der Waals surface area (Å²) in [5.74, 6) is 1.37. The van der Waals surface area contributed by atoms with Crippen LogP contribution in [0.2, 0.25) is 0 Å². The zero-order chi connectivity index (χ0) is 18.9. The SMILES string of the molecule is CCOc1ccc(C(=O)N[C@H](C)COC)cc1COc1cccc(C)c1. The Hall–Kier alpha value is -2.53. The van der Waals surface area contributed by atoms with Crippen molar-refractivity contribution in [3.8, 4) is 11.5 Å². The van der Waals surface area contributed by atoms with Gasteiger partial charge in [0.2, 0.25) is 0 Å². The second-order valence-electron chi connectivity index (χ2n) is 6.19. The van der Waals surface area contributed by atoms with Crippen LogP contribution in [0.4, 0.5) is 0 Å². The molecular formula is C21H27NO4. The zero-order valence-corrected chi connectivity index (χ0v) is 15.9. The average Bonchev–Trinajstić information content (AvgIpc) is 2.61. The van der Waals surface area contributed by atoms with Crippen molar-refractivity contribution in [3.05, 3.63) is 59.2 Å². The molecule has 0 saturated heterocycles. The molecule has 0 heterocycles. The van der Waals surface area contributed by atoms with E-state index < -0.39 is 0 Å². The van der Waals surface area contributed by atoms with Crippen LogP contribution in [0.3, 0.4) is 0 Å². The molecule has 0 aliphatic heterocycles. The van der Waals surface area contributed by atoms with E-state index >= 15 is 0 Å². The van der Waals surface area contributed by atoms with Crippen LogP contribution >= 0.6 is 0 Å². The Labute approximate surface area is 155 Å². The van der Waals surface area contributed by atoms with Gasteiger partial charge >= 0.3 is 0 Å². The molecule has 5 heteroatoms. The maximum atomic E-state index is 12.4. The molecule has 0 bridgehead atoms. The molecule has 2 rings (SSSR count). The van der Waals surface area contributed by atoms with E-state index in [2.05, 4.69) is 5.32 Å². The van der Waals surface area contributed by atoms with Crippen LogP contribution in [0.25, 0.3) is 0 Å². The van der Waals surface area contributed by atoms with Gasteiger partial charge in [-0.2, -0.15) is 0 Å². The average molecular weight is 357 g/mol. The summed E-state index contributed by atoms with van der Waals surface area (Å²) in [7, 11) is 1.61. The molecule has 2 aromatic rings. The predicted molar refractivity (Wildman–Crippen MR) is 102 cm³/mol. The largest absolute Gasteiger partial charge is 0.493 e. The van der Waals surface area contributed by atoms with Crippen LogP contribution in [-0.4, -0.2) is 32.3 Å². The minimum atomic E-state index is -0.144. The second kappa shape index (κ2) is 9.82. The van der Waals surface area contributed by atoms with E-state index in [1.165, 1.54) is 0 Å². The van der Waals surface area contributed by atoms with E-state index in [1.54, 1.807) is 13.2 Å². The van der Waals surface area contributed by atoms with Gasteiger partial charge in [-0.25, -0.2) is 0 Å². The molecule has 0 saturated carbocycles. The van der Waals surface area contributed by atoms with Crippen molar-refractivity contribution in [1.29, 1.82) is 0 Å². The van der Waals surface area contributed by atoms with Crippen molar-refractivity contribution >= 4 is 5.91 Å². The fourth-order valence-corrected chi connectivity index (χ4v) is 2.59. The lowest BCUT2D eigenvalue weighted by Crippen LogP contribution is -2.35. The molecular weight excluding hydrogens is 330 g/mol. The van der Waals surface area contributed by atoms with Gasteiger partial charge in [-0.3, -0.25) is 4.79 Å². The molecule has 0 aromatic heterocycles. The molecule has 1 atom stereocenters. The number of hydrogen-bond donors (Lipinski definition) is 1. The van der Waals surface area contributed by atoms with E-state index in [-0.39, 0.29) is 11.9 Å². The van der Waals surface area contributed by atoms with Gasteiger partial charge in [0, 0.05) is 24.3 Å². The maximum absolute atomic E-state index is 12.4. The first-order valence-electron chi connectivity index (χ1n) is 8.78. The van der Waals surface area contributed by atoms with Gasteiger partial charge in [0.05, 0.1) is 13.2 Å². The van der Waals surface area contributed by atoms with Crippen LogP contribution in [-0.2, 0) is 11.3 Å². The molecule has 5 nitrogen and oxygen atoms in total. The molecule has 0 aliphatic rings. The van der Waals surface area contributed by atoms with Crippen LogP contribution in [0.15, 0.2) is 42.5 Å². The number of ether oxygens (including phenoxy) is 3. The van der Waals surface area contributed by atoms with Crippen molar-refractivity contribution < 1.29 is 19.0 Å². The third kappa shape index (κ3) is 5.77. The number of hydrogen-bond acceptors (Lipinski definition) is 4. The Morgan fingerprint density at radius 3 is 2.65 bits per heavy atom. The fourth-order valence-electron chi connectivity index (χ4n) is 2.59. The van der Waals surface area contributed by atoms with E-state index in [0.29, 0.717) is 25.4 Å². The van der Waals surface area contributed by atoms with Gasteiger partial charge in [0.1, 0.15) is 18.1 Å². The third-order valence-corrected chi connectivity index (χ3v) is 3.80. The zero-order valence-electron chi connectivity index (χ0n) is 15.9. The number of carbonyl (C=O) groups excluding carboxylic acids is 1. The molecule has 0 unspecified atom stereocenters. The van der Waals surface area contributed by atoms with Gasteiger partial charge in [0.15, 0.2) is 0 Å². The van der Waals surface area contributed by atoms with Crippen molar-refractivity contribution in [2.75, 3.05) is 20.3 Å². The normalized spacial score (nSPS) is 11.7. The van der Waals surface area contributed by atoms with E-state index in [4.69, 9.17) is 14.2 Å². The van der Waals surface area contributed by atoms with E-state index in [0.717, 1.165) is 22.6 Å². The van der Waals surface area contributed by atoms with Crippen LogP contribution in [0.5, 0.6) is 11.5 Å². The summed E-state index contributed by atoms with van der Waals surface area (Å²) in [5, 5.41) is 2.91. The monoisotopic (exact) mass is 357 g/mol. The Kier molecular flexibility index (Phi) is 7.48. The predicted octanol–water partition coefficient (Wildman–Crippen LogP) is 3.74. The van der Waals surface area contributed by atoms with Gasteiger partial charge in [0.25, 0.3) is 5.91 Å². The summed E-state index contributed by atoms with van der Waals surface area (Å²) in [6.45, 7) is 7.19. The summed E-state index contributed by atoms with van der Waals surface area (Å²) in [4.78, 5) is 12.4. The first-order chi connectivity index (χ1) is 12.5. The highest BCUT2D eigenvalue weighted by molar-refractivity contribution is 5.94. The summed E-state index contributed by atoms with van der Waals surface area (Å²) in [6.07, 6.45) is 0. The van der Waals surface area contributed by atoms with Crippen LogP contribution < -0.4 is 14.8 Å². The summed E-state index contributed by atoms with van der Waals surface area (Å²) in [5.41, 5.74) is 2.53.